The zero-order valence-corrected chi connectivity index (χ0v) is 35.8. The van der Waals surface area contributed by atoms with Gasteiger partial charge in [0.25, 0.3) is 11.8 Å². The van der Waals surface area contributed by atoms with Gasteiger partial charge >= 0.3 is 0 Å². The fourth-order valence-corrected chi connectivity index (χ4v) is 9.40. The fraction of sp³-hybridized carbons (Fsp3) is 0.426. The Bertz CT molecular complexity index is 2430. The normalized spacial score (nSPS) is 21.0. The highest BCUT2D eigenvalue weighted by molar-refractivity contribution is 6.32. The van der Waals surface area contributed by atoms with Gasteiger partial charge in [-0.2, -0.15) is 0 Å². The van der Waals surface area contributed by atoms with E-state index in [0.29, 0.717) is 67.1 Å². The second kappa shape index (κ2) is 19.2. The Kier molecular flexibility index (Phi) is 13.3. The Labute approximate surface area is 369 Å². The second-order valence-electron chi connectivity index (χ2n) is 16.8. The number of halogens is 2. The molecular formula is C47H50ClFN6O8. The number of nitrogens with one attached hydrogen (secondary N) is 3. The zero-order valence-electron chi connectivity index (χ0n) is 35.0. The molecule has 3 aliphatic heterocycles. The third kappa shape index (κ3) is 9.84. The van der Waals surface area contributed by atoms with Crippen LogP contribution in [0.1, 0.15) is 96.9 Å². The van der Waals surface area contributed by atoms with Gasteiger partial charge in [0.2, 0.25) is 23.6 Å². The van der Waals surface area contributed by atoms with Gasteiger partial charge < -0.3 is 25.0 Å². The Morgan fingerprint density at radius 3 is 2.43 bits per heavy atom. The van der Waals surface area contributed by atoms with Crippen molar-refractivity contribution in [1.29, 1.82) is 0 Å². The minimum Gasteiger partial charge on any atom is -0.489 e. The molecule has 4 aliphatic rings. The lowest BCUT2D eigenvalue weighted by atomic mass is 9.73. The molecule has 1 aromatic heterocycles. The van der Waals surface area contributed by atoms with Gasteiger partial charge in [0.15, 0.2) is 0 Å². The Balaban J connectivity index is 0.729. The molecule has 8 rings (SSSR count). The molecule has 1 unspecified atom stereocenters. The highest BCUT2D eigenvalue weighted by Gasteiger charge is 2.44. The fourth-order valence-electron chi connectivity index (χ4n) is 9.24. The minimum absolute atomic E-state index is 0.0182. The Hall–Kier alpha value is -5.93. The van der Waals surface area contributed by atoms with Crippen LogP contribution in [-0.2, 0) is 23.9 Å². The summed E-state index contributed by atoms with van der Waals surface area (Å²) in [5.41, 5.74) is 3.49. The summed E-state index contributed by atoms with van der Waals surface area (Å²) >= 11 is 6.53. The van der Waals surface area contributed by atoms with E-state index in [1.54, 1.807) is 53.6 Å². The Morgan fingerprint density at radius 2 is 1.65 bits per heavy atom. The molecule has 16 heteroatoms. The number of pyridine rings is 1. The first-order valence-corrected chi connectivity index (χ1v) is 22.1. The highest BCUT2D eigenvalue weighted by Crippen LogP contribution is 2.41. The van der Waals surface area contributed by atoms with Crippen LogP contribution in [0.4, 0.5) is 15.8 Å². The van der Waals surface area contributed by atoms with Crippen LogP contribution in [0.2, 0.25) is 5.02 Å². The number of carbonyl (C=O) groups excluding carboxylic acids is 6. The van der Waals surface area contributed by atoms with Gasteiger partial charge in [0, 0.05) is 73.8 Å². The molecular weight excluding hydrogens is 831 g/mol. The topological polar surface area (TPSA) is 176 Å². The van der Waals surface area contributed by atoms with Crippen molar-refractivity contribution in [3.63, 3.8) is 0 Å². The molecule has 0 bridgehead atoms. The lowest BCUT2D eigenvalue weighted by Crippen LogP contribution is -2.54. The number of nitrogens with zero attached hydrogens (tertiary/aromatic N) is 3. The molecule has 1 saturated carbocycles. The van der Waals surface area contributed by atoms with E-state index in [0.717, 1.165) is 47.0 Å². The van der Waals surface area contributed by atoms with Crippen molar-refractivity contribution < 1.29 is 42.6 Å². The number of piperidine rings is 2. The molecule has 330 valence electrons. The summed E-state index contributed by atoms with van der Waals surface area (Å²) in [5.74, 6) is -1.80. The number of hydrogen-bond acceptors (Lipinski definition) is 10. The molecule has 3 aromatic carbocycles. The number of hydrogen-bond donors (Lipinski definition) is 3. The maximum Gasteiger partial charge on any atom is 0.262 e. The number of imide groups is 2. The van der Waals surface area contributed by atoms with Crippen LogP contribution in [0.5, 0.6) is 5.75 Å². The van der Waals surface area contributed by atoms with Gasteiger partial charge in [-0.25, -0.2) is 4.39 Å². The van der Waals surface area contributed by atoms with Crippen LogP contribution < -0.4 is 20.7 Å². The summed E-state index contributed by atoms with van der Waals surface area (Å²) in [4.78, 5) is 83.5. The zero-order chi connectivity index (χ0) is 44.2. The van der Waals surface area contributed by atoms with Crippen LogP contribution in [0.25, 0.3) is 10.9 Å². The Morgan fingerprint density at radius 1 is 0.889 bits per heavy atom. The number of amides is 6. The summed E-state index contributed by atoms with van der Waals surface area (Å²) in [6.45, 7) is 3.93. The summed E-state index contributed by atoms with van der Waals surface area (Å²) < 4.78 is 26.1. The van der Waals surface area contributed by atoms with Crippen LogP contribution in [-0.4, -0.2) is 95.2 Å². The summed E-state index contributed by atoms with van der Waals surface area (Å²) in [6, 6.07) is 15.7. The van der Waals surface area contributed by atoms with E-state index in [1.165, 1.54) is 12.1 Å². The standard InChI is InChI=1S/C47H50ClFN6O8/c1-27(28-2-4-29(5-3-28)34-14-18-51-39-11-6-30(49)24-36(34)39)44(58)52-32-8-10-38(48)41(26-32)63-33-15-20-54(21-16-33)43(57)17-22-62-23-19-50-31-7-9-35-37(25-31)47(61)55(46(35)60)40-12-13-42(56)53-45(40)59/h6-11,14,18,24-29,33,40,50H,2-5,12-13,15-17,19-23H2,1H3,(H,52,58)(H,53,56,59)/t27-,28-,29+,40?/m1/s1. The van der Waals surface area contributed by atoms with Gasteiger partial charge in [-0.1, -0.05) is 18.5 Å². The highest BCUT2D eigenvalue weighted by atomic mass is 35.5. The van der Waals surface area contributed by atoms with Gasteiger partial charge in [-0.15, -0.1) is 0 Å². The van der Waals surface area contributed by atoms with Crippen molar-refractivity contribution >= 4 is 69.3 Å². The predicted molar refractivity (Wildman–Crippen MR) is 233 cm³/mol. The molecule has 63 heavy (non-hydrogen) atoms. The van der Waals surface area contributed by atoms with Crippen LogP contribution in [0.15, 0.2) is 66.9 Å². The van der Waals surface area contributed by atoms with Crippen LogP contribution >= 0.6 is 11.6 Å². The lowest BCUT2D eigenvalue weighted by molar-refractivity contribution is -0.136. The number of rotatable bonds is 14. The molecule has 0 spiro atoms. The number of likely N-dealkylation sites (tertiary alicyclic amines) is 1. The number of aromatic nitrogens is 1. The molecule has 4 aromatic rings. The number of carbonyl (C=O) groups is 6. The van der Waals surface area contributed by atoms with E-state index < -0.39 is 29.7 Å². The molecule has 6 amide bonds. The van der Waals surface area contributed by atoms with E-state index in [4.69, 9.17) is 21.1 Å². The van der Waals surface area contributed by atoms with Gasteiger partial charge in [0.05, 0.1) is 41.3 Å². The molecule has 2 atom stereocenters. The van der Waals surface area contributed by atoms with Crippen molar-refractivity contribution in [2.45, 2.75) is 82.8 Å². The quantitative estimate of drug-likeness (QED) is 0.0896. The number of ether oxygens (including phenoxy) is 2. The van der Waals surface area contributed by atoms with Gasteiger partial charge in [0.1, 0.15) is 23.7 Å². The molecule has 1 aliphatic carbocycles. The number of benzene rings is 3. The van der Waals surface area contributed by atoms with E-state index >= 15 is 0 Å². The molecule has 0 radical (unpaired) electrons. The maximum atomic E-state index is 14.1. The van der Waals surface area contributed by atoms with E-state index in [1.807, 2.05) is 13.0 Å². The number of fused-ring (bicyclic) bond motifs is 2. The molecule has 4 heterocycles. The molecule has 14 nitrogen and oxygen atoms in total. The van der Waals surface area contributed by atoms with Crippen molar-refractivity contribution in [2.24, 2.45) is 11.8 Å². The maximum absolute atomic E-state index is 14.1. The lowest BCUT2D eigenvalue weighted by Gasteiger charge is -2.33. The first-order chi connectivity index (χ1) is 30.4. The smallest absolute Gasteiger partial charge is 0.262 e. The minimum atomic E-state index is -1.03. The first-order valence-electron chi connectivity index (χ1n) is 21.7. The van der Waals surface area contributed by atoms with Crippen LogP contribution in [0.3, 0.4) is 0 Å². The van der Waals surface area contributed by atoms with Crippen molar-refractivity contribution in [1.82, 2.24) is 20.1 Å². The molecule has 3 N–H and O–H groups in total. The first kappa shape index (κ1) is 43.7. The van der Waals surface area contributed by atoms with Crippen molar-refractivity contribution in [3.8, 4) is 5.75 Å². The molecule has 2 saturated heterocycles. The van der Waals surface area contributed by atoms with E-state index in [2.05, 4.69) is 20.9 Å². The third-order valence-electron chi connectivity index (χ3n) is 12.8. The summed E-state index contributed by atoms with van der Waals surface area (Å²) in [6.07, 6.45) is 6.84. The summed E-state index contributed by atoms with van der Waals surface area (Å²) in [5, 5.41) is 9.71. The largest absolute Gasteiger partial charge is 0.489 e. The van der Waals surface area contributed by atoms with Crippen molar-refractivity contribution in [3.05, 3.63) is 94.4 Å². The average Bonchev–Trinajstić information content (AvgIpc) is 3.53. The monoisotopic (exact) mass is 880 g/mol. The second-order valence-corrected chi connectivity index (χ2v) is 17.2. The van der Waals surface area contributed by atoms with Crippen LogP contribution in [0, 0.1) is 17.7 Å². The van der Waals surface area contributed by atoms with E-state index in [-0.39, 0.29) is 72.6 Å². The SMILES string of the molecule is C[C@@H](C(=O)Nc1ccc(Cl)c(OC2CCN(C(=O)CCOCCNc3ccc4c(c3)C(=O)N(C3CCC(=O)NC3=O)C4=O)CC2)c1)[C@H]1CC[C@@H](c2ccnc3ccc(F)cc32)CC1. The molecule has 3 fully saturated rings. The van der Waals surface area contributed by atoms with Gasteiger partial charge in [-0.3, -0.25) is 44.0 Å². The van der Waals surface area contributed by atoms with Crippen molar-refractivity contribution in [2.75, 3.05) is 43.5 Å². The summed E-state index contributed by atoms with van der Waals surface area (Å²) in [7, 11) is 0. The number of anilines is 2. The van der Waals surface area contributed by atoms with E-state index in [9.17, 15) is 33.2 Å². The predicted octanol–water partition coefficient (Wildman–Crippen LogP) is 6.87. The third-order valence-corrected chi connectivity index (χ3v) is 13.1. The van der Waals surface area contributed by atoms with Gasteiger partial charge in [-0.05, 0) is 104 Å². The average molecular weight is 881 g/mol.